The molecule has 1 atom stereocenters. The second kappa shape index (κ2) is 13.4. The molecule has 3 aromatic carbocycles. The van der Waals surface area contributed by atoms with Gasteiger partial charge < -0.3 is 15.0 Å². The van der Waals surface area contributed by atoms with Crippen LogP contribution in [-0.2, 0) is 26.2 Å². The van der Waals surface area contributed by atoms with E-state index in [2.05, 4.69) is 5.32 Å². The third-order valence-electron chi connectivity index (χ3n) is 6.37. The number of halogens is 1. The molecule has 0 unspecified atom stereocenters. The second-order valence-electron chi connectivity index (χ2n) is 9.99. The van der Waals surface area contributed by atoms with Gasteiger partial charge in [-0.1, -0.05) is 43.7 Å². The number of carbonyl (C=O) groups excluding carboxylic acids is 2. The molecule has 0 bridgehead atoms. The van der Waals surface area contributed by atoms with Crippen molar-refractivity contribution in [2.75, 3.05) is 24.5 Å². The van der Waals surface area contributed by atoms with E-state index in [0.29, 0.717) is 12.3 Å². The molecule has 3 aromatic rings. The van der Waals surface area contributed by atoms with Gasteiger partial charge in [0.2, 0.25) is 11.8 Å². The van der Waals surface area contributed by atoms with Crippen LogP contribution in [0.5, 0.6) is 5.75 Å². The van der Waals surface area contributed by atoms with E-state index in [-0.39, 0.29) is 29.0 Å². The number of sulfonamides is 1. The van der Waals surface area contributed by atoms with Crippen molar-refractivity contribution < 1.29 is 27.1 Å². The van der Waals surface area contributed by atoms with Gasteiger partial charge in [0.15, 0.2) is 0 Å². The summed E-state index contributed by atoms with van der Waals surface area (Å²) in [7, 11) is -2.79. The summed E-state index contributed by atoms with van der Waals surface area (Å²) in [6.45, 7) is 7.41. The summed E-state index contributed by atoms with van der Waals surface area (Å²) in [5, 5.41) is 2.85. The minimum Gasteiger partial charge on any atom is -0.497 e. The molecule has 8 nitrogen and oxygen atoms in total. The maximum absolute atomic E-state index is 13.9. The SMILES string of the molecule is COc1ccc(S(=O)(=O)N(CC(=O)N(Cc2ccc(C)cc2)[C@H](C)C(=O)NCC(C)C)c2ccc(F)cc2)cc1. The summed E-state index contributed by atoms with van der Waals surface area (Å²) >= 11 is 0. The predicted molar refractivity (Wildman–Crippen MR) is 153 cm³/mol. The molecule has 0 saturated carbocycles. The number of carbonyl (C=O) groups is 2. The van der Waals surface area contributed by atoms with Gasteiger partial charge in [0.1, 0.15) is 24.2 Å². The summed E-state index contributed by atoms with van der Waals surface area (Å²) in [4.78, 5) is 28.2. The van der Waals surface area contributed by atoms with Crippen molar-refractivity contribution in [1.82, 2.24) is 10.2 Å². The average molecular weight is 570 g/mol. The Kier molecular flexibility index (Phi) is 10.3. The largest absolute Gasteiger partial charge is 0.497 e. The number of nitrogens with zero attached hydrogens (tertiary/aromatic N) is 2. The number of nitrogens with one attached hydrogen (secondary N) is 1. The third-order valence-corrected chi connectivity index (χ3v) is 8.15. The summed E-state index contributed by atoms with van der Waals surface area (Å²) in [6, 6.07) is 17.3. The van der Waals surface area contributed by atoms with Crippen LogP contribution in [0.2, 0.25) is 0 Å². The van der Waals surface area contributed by atoms with E-state index in [1.165, 1.54) is 48.4 Å². The van der Waals surface area contributed by atoms with Gasteiger partial charge in [0.25, 0.3) is 10.0 Å². The molecule has 40 heavy (non-hydrogen) atoms. The fourth-order valence-electron chi connectivity index (χ4n) is 3.94. The molecule has 3 rings (SSSR count). The summed E-state index contributed by atoms with van der Waals surface area (Å²) in [6.07, 6.45) is 0. The van der Waals surface area contributed by atoms with E-state index in [1.54, 1.807) is 6.92 Å². The van der Waals surface area contributed by atoms with Crippen LogP contribution >= 0.6 is 0 Å². The number of aryl methyl sites for hydroxylation is 1. The van der Waals surface area contributed by atoms with Gasteiger partial charge in [-0.05, 0) is 73.9 Å². The van der Waals surface area contributed by atoms with Gasteiger partial charge >= 0.3 is 0 Å². The lowest BCUT2D eigenvalue weighted by Crippen LogP contribution is -2.51. The molecule has 0 aliphatic carbocycles. The van der Waals surface area contributed by atoms with E-state index in [1.807, 2.05) is 45.0 Å². The number of hydrogen-bond acceptors (Lipinski definition) is 5. The number of hydrogen-bond donors (Lipinski definition) is 1. The van der Waals surface area contributed by atoms with Gasteiger partial charge in [-0.15, -0.1) is 0 Å². The number of anilines is 1. The Balaban J connectivity index is 2.00. The Morgan fingerprint density at radius 2 is 1.52 bits per heavy atom. The molecular formula is C30H36FN3O5S. The molecule has 2 amide bonds. The molecule has 0 spiro atoms. The van der Waals surface area contributed by atoms with Gasteiger partial charge in [0, 0.05) is 13.1 Å². The minimum absolute atomic E-state index is 0.0711. The molecule has 0 aromatic heterocycles. The molecule has 0 heterocycles. The van der Waals surface area contributed by atoms with Crippen LogP contribution in [0.25, 0.3) is 0 Å². The second-order valence-corrected chi connectivity index (χ2v) is 11.8. The molecule has 0 fully saturated rings. The first kappa shape index (κ1) is 30.6. The molecule has 214 valence electrons. The Labute approximate surface area is 235 Å². The first-order chi connectivity index (χ1) is 18.9. The topological polar surface area (TPSA) is 96.0 Å². The zero-order valence-electron chi connectivity index (χ0n) is 23.4. The Morgan fingerprint density at radius 3 is 2.08 bits per heavy atom. The monoisotopic (exact) mass is 569 g/mol. The lowest BCUT2D eigenvalue weighted by Gasteiger charge is -2.32. The van der Waals surface area contributed by atoms with Crippen molar-refractivity contribution in [2.24, 2.45) is 5.92 Å². The van der Waals surface area contributed by atoms with E-state index in [4.69, 9.17) is 4.74 Å². The fourth-order valence-corrected chi connectivity index (χ4v) is 5.35. The lowest BCUT2D eigenvalue weighted by molar-refractivity contribution is -0.139. The average Bonchev–Trinajstić information content (AvgIpc) is 2.94. The highest BCUT2D eigenvalue weighted by molar-refractivity contribution is 7.92. The number of rotatable bonds is 12. The quantitative estimate of drug-likeness (QED) is 0.346. The Morgan fingerprint density at radius 1 is 0.925 bits per heavy atom. The normalized spacial score (nSPS) is 12.1. The van der Waals surface area contributed by atoms with Crippen molar-refractivity contribution >= 4 is 27.5 Å². The summed E-state index contributed by atoms with van der Waals surface area (Å²) < 4.78 is 47.4. The van der Waals surface area contributed by atoms with Crippen molar-refractivity contribution in [2.45, 2.75) is 45.2 Å². The van der Waals surface area contributed by atoms with Crippen LogP contribution < -0.4 is 14.4 Å². The van der Waals surface area contributed by atoms with Crippen molar-refractivity contribution in [3.8, 4) is 5.75 Å². The lowest BCUT2D eigenvalue weighted by atomic mass is 10.1. The summed E-state index contributed by atoms with van der Waals surface area (Å²) in [5.74, 6) is -0.808. The first-order valence-electron chi connectivity index (χ1n) is 13.0. The smallest absolute Gasteiger partial charge is 0.264 e. The Bertz CT molecular complexity index is 1390. The van der Waals surface area contributed by atoms with Crippen LogP contribution in [0.15, 0.2) is 77.7 Å². The number of methoxy groups -OCH3 is 1. The number of benzene rings is 3. The van der Waals surface area contributed by atoms with Gasteiger partial charge in [-0.2, -0.15) is 0 Å². The Hall–Kier alpha value is -3.92. The van der Waals surface area contributed by atoms with Crippen molar-refractivity contribution in [3.63, 3.8) is 0 Å². The van der Waals surface area contributed by atoms with Gasteiger partial charge in [0.05, 0.1) is 17.7 Å². The zero-order chi connectivity index (χ0) is 29.4. The predicted octanol–water partition coefficient (Wildman–Crippen LogP) is 4.53. The highest BCUT2D eigenvalue weighted by Gasteiger charge is 2.32. The van der Waals surface area contributed by atoms with E-state index in [0.717, 1.165) is 27.6 Å². The van der Waals surface area contributed by atoms with Gasteiger partial charge in [-0.3, -0.25) is 13.9 Å². The van der Waals surface area contributed by atoms with Crippen LogP contribution in [-0.4, -0.2) is 51.4 Å². The zero-order valence-corrected chi connectivity index (χ0v) is 24.2. The maximum atomic E-state index is 13.9. The number of ether oxygens (including phenoxy) is 1. The molecule has 10 heteroatoms. The molecule has 1 N–H and O–H groups in total. The highest BCUT2D eigenvalue weighted by atomic mass is 32.2. The molecule has 0 radical (unpaired) electrons. The van der Waals surface area contributed by atoms with Crippen molar-refractivity contribution in [1.29, 1.82) is 0 Å². The fraction of sp³-hybridized carbons (Fsp3) is 0.333. The van der Waals surface area contributed by atoms with Crippen LogP contribution in [0, 0.1) is 18.7 Å². The van der Waals surface area contributed by atoms with Gasteiger partial charge in [-0.25, -0.2) is 12.8 Å². The standard InChI is InChI=1S/C30H36FN3O5S/c1-21(2)18-32-30(36)23(4)33(19-24-8-6-22(3)7-9-24)29(35)20-34(26-12-10-25(31)11-13-26)40(37,38)28-16-14-27(39-5)15-17-28/h6-17,21,23H,18-20H2,1-5H3,(H,32,36)/t23-/m1/s1. The first-order valence-corrected chi connectivity index (χ1v) is 14.4. The number of amides is 2. The third kappa shape index (κ3) is 7.81. The van der Waals surface area contributed by atoms with Crippen molar-refractivity contribution in [3.05, 3.63) is 89.7 Å². The molecule has 0 saturated heterocycles. The summed E-state index contributed by atoms with van der Waals surface area (Å²) in [5.41, 5.74) is 1.93. The minimum atomic E-state index is -4.26. The van der Waals surface area contributed by atoms with E-state index < -0.39 is 34.3 Å². The van der Waals surface area contributed by atoms with E-state index >= 15 is 0 Å². The maximum Gasteiger partial charge on any atom is 0.264 e. The van der Waals surface area contributed by atoms with Crippen LogP contribution in [0.4, 0.5) is 10.1 Å². The highest BCUT2D eigenvalue weighted by Crippen LogP contribution is 2.26. The molecular weight excluding hydrogens is 533 g/mol. The van der Waals surface area contributed by atoms with Crippen LogP contribution in [0.1, 0.15) is 31.9 Å². The molecule has 0 aliphatic rings. The van der Waals surface area contributed by atoms with Crippen LogP contribution in [0.3, 0.4) is 0 Å². The van der Waals surface area contributed by atoms with E-state index in [9.17, 15) is 22.4 Å². The molecule has 0 aliphatic heterocycles.